The van der Waals surface area contributed by atoms with Gasteiger partial charge in [-0.1, -0.05) is 0 Å². The molecule has 0 amide bonds. The minimum Gasteiger partial charge on any atom is -0.354 e. The van der Waals surface area contributed by atoms with Gasteiger partial charge >= 0.3 is 6.18 Å². The second kappa shape index (κ2) is 10.8. The third-order valence-corrected chi connectivity index (χ3v) is 4.12. The van der Waals surface area contributed by atoms with Crippen LogP contribution in [0.3, 0.4) is 0 Å². The van der Waals surface area contributed by atoms with E-state index in [1.807, 2.05) is 35.8 Å². The smallest absolute Gasteiger partial charge is 0.354 e. The zero-order valence-electron chi connectivity index (χ0n) is 15.6. The summed E-state index contributed by atoms with van der Waals surface area (Å²) >= 11 is 3.44. The molecule has 2 heterocycles. The van der Waals surface area contributed by atoms with E-state index in [-0.39, 0.29) is 29.9 Å². The first kappa shape index (κ1) is 24.5. The third-order valence-electron chi connectivity index (χ3n) is 3.68. The molecular weight excluding hydrogens is 554 g/mol. The number of nitrogens with one attached hydrogen (secondary N) is 2. The van der Waals surface area contributed by atoms with Crippen LogP contribution < -0.4 is 10.6 Å². The second-order valence-electron chi connectivity index (χ2n) is 5.78. The van der Waals surface area contributed by atoms with E-state index >= 15 is 0 Å². The molecule has 2 rings (SSSR count). The lowest BCUT2D eigenvalue weighted by molar-refractivity contribution is -0.141. The summed E-state index contributed by atoms with van der Waals surface area (Å²) in [4.78, 5) is 13.4. The van der Waals surface area contributed by atoms with Crippen LogP contribution in [0.2, 0.25) is 0 Å². The molecule has 12 heteroatoms. The van der Waals surface area contributed by atoms with Gasteiger partial charge in [0, 0.05) is 56.8 Å². The van der Waals surface area contributed by atoms with Crippen molar-refractivity contribution in [2.24, 2.45) is 12.0 Å². The fourth-order valence-electron chi connectivity index (χ4n) is 2.38. The van der Waals surface area contributed by atoms with Gasteiger partial charge in [0.05, 0.1) is 6.54 Å². The van der Waals surface area contributed by atoms with Crippen molar-refractivity contribution in [3.05, 3.63) is 40.4 Å². The molecule has 0 saturated heterocycles. The normalized spacial score (nSPS) is 11.8. The molecule has 0 aliphatic heterocycles. The minimum atomic E-state index is -4.49. The van der Waals surface area contributed by atoms with Crippen LogP contribution in [0, 0.1) is 0 Å². The fraction of sp³-hybridized carbons (Fsp3) is 0.438. The summed E-state index contributed by atoms with van der Waals surface area (Å²) in [6, 6.07) is 2.86. The summed E-state index contributed by atoms with van der Waals surface area (Å²) in [6.07, 6.45) is -1.44. The number of hydrogen-bond acceptors (Lipinski definition) is 4. The SMILES string of the molecule is CN=C(NCCNc1nccc(C(F)(F)F)n1)N(C)Cc1cc(Br)cn1C.I. The number of aliphatic imine (C=N–C) groups is 1. The quantitative estimate of drug-likeness (QED) is 0.239. The average molecular weight is 576 g/mol. The number of alkyl halides is 3. The Labute approximate surface area is 187 Å². The summed E-state index contributed by atoms with van der Waals surface area (Å²) in [5.41, 5.74) is 0.125. The number of aryl methyl sites for hydroxylation is 1. The Bertz CT molecular complexity index is 795. The maximum atomic E-state index is 12.6. The van der Waals surface area contributed by atoms with E-state index in [4.69, 9.17) is 0 Å². The molecule has 2 aromatic rings. The van der Waals surface area contributed by atoms with Crippen LogP contribution in [-0.4, -0.2) is 52.6 Å². The predicted octanol–water partition coefficient (Wildman–Crippen LogP) is 3.33. The summed E-state index contributed by atoms with van der Waals surface area (Å²) in [5.74, 6) is 0.600. The fourth-order valence-corrected chi connectivity index (χ4v) is 2.95. The Balaban J connectivity index is 0.00000392. The second-order valence-corrected chi connectivity index (χ2v) is 6.70. The van der Waals surface area contributed by atoms with Crippen molar-refractivity contribution in [1.82, 2.24) is 24.8 Å². The molecule has 0 saturated carbocycles. The molecule has 28 heavy (non-hydrogen) atoms. The van der Waals surface area contributed by atoms with E-state index in [1.165, 1.54) is 0 Å². The Morgan fingerprint density at radius 3 is 2.64 bits per heavy atom. The number of guanidine groups is 1. The maximum absolute atomic E-state index is 12.6. The van der Waals surface area contributed by atoms with E-state index in [1.54, 1.807) is 7.05 Å². The lowest BCUT2D eigenvalue weighted by atomic mass is 10.4. The standard InChI is InChI=1S/C16H21BrF3N7.HI/c1-21-15(27(3)10-12-8-11(17)9-26(12)2)24-7-6-23-14-22-5-4-13(25-14)16(18,19)20;/h4-5,8-9H,6-7,10H2,1-3H3,(H,21,24)(H,22,23,25);1H. The highest BCUT2D eigenvalue weighted by molar-refractivity contribution is 14.0. The van der Waals surface area contributed by atoms with Crippen molar-refractivity contribution in [1.29, 1.82) is 0 Å². The molecule has 0 fully saturated rings. The van der Waals surface area contributed by atoms with Gasteiger partial charge in [-0.15, -0.1) is 24.0 Å². The maximum Gasteiger partial charge on any atom is 0.433 e. The first-order chi connectivity index (χ1) is 12.7. The number of nitrogens with zero attached hydrogens (tertiary/aromatic N) is 5. The van der Waals surface area contributed by atoms with E-state index in [2.05, 4.69) is 41.5 Å². The number of halogens is 5. The van der Waals surface area contributed by atoms with Crippen LogP contribution in [0.1, 0.15) is 11.4 Å². The van der Waals surface area contributed by atoms with Crippen molar-refractivity contribution in [3.63, 3.8) is 0 Å². The molecular formula is C16H22BrF3IN7. The molecule has 7 nitrogen and oxygen atoms in total. The molecule has 0 aromatic carbocycles. The van der Waals surface area contributed by atoms with E-state index < -0.39 is 11.9 Å². The molecule has 0 spiro atoms. The van der Waals surface area contributed by atoms with E-state index in [0.29, 0.717) is 25.6 Å². The minimum absolute atomic E-state index is 0. The summed E-state index contributed by atoms with van der Waals surface area (Å²) < 4.78 is 41.0. The van der Waals surface area contributed by atoms with Gasteiger partial charge in [-0.2, -0.15) is 13.2 Å². The van der Waals surface area contributed by atoms with Gasteiger partial charge in [-0.25, -0.2) is 9.97 Å². The molecule has 0 atom stereocenters. The predicted molar refractivity (Wildman–Crippen MR) is 117 cm³/mol. The van der Waals surface area contributed by atoms with Crippen molar-refractivity contribution < 1.29 is 13.2 Å². The summed E-state index contributed by atoms with van der Waals surface area (Å²) in [5, 5.41) is 5.91. The zero-order chi connectivity index (χ0) is 20.0. The van der Waals surface area contributed by atoms with Crippen LogP contribution in [0.5, 0.6) is 0 Å². The van der Waals surface area contributed by atoms with Crippen molar-refractivity contribution in [3.8, 4) is 0 Å². The third kappa shape index (κ3) is 7.11. The molecule has 2 N–H and O–H groups in total. The molecule has 0 unspecified atom stereocenters. The molecule has 156 valence electrons. The topological polar surface area (TPSA) is 70.4 Å². The number of rotatable bonds is 6. The van der Waals surface area contributed by atoms with Crippen LogP contribution in [-0.2, 0) is 19.8 Å². The average Bonchev–Trinajstić information content (AvgIpc) is 2.91. The number of hydrogen-bond donors (Lipinski definition) is 2. The first-order valence-corrected chi connectivity index (χ1v) is 8.86. The van der Waals surface area contributed by atoms with Crippen molar-refractivity contribution in [2.75, 3.05) is 32.5 Å². The Hall–Kier alpha value is -1.57. The monoisotopic (exact) mass is 575 g/mol. The highest BCUT2D eigenvalue weighted by Crippen LogP contribution is 2.27. The van der Waals surface area contributed by atoms with Crippen LogP contribution in [0.4, 0.5) is 19.1 Å². The van der Waals surface area contributed by atoms with Crippen LogP contribution >= 0.6 is 39.9 Å². The molecule has 2 aromatic heterocycles. The Kier molecular flexibility index (Phi) is 9.47. The highest BCUT2D eigenvalue weighted by Gasteiger charge is 2.32. The van der Waals surface area contributed by atoms with E-state index in [0.717, 1.165) is 22.4 Å². The number of anilines is 1. The largest absolute Gasteiger partial charge is 0.433 e. The van der Waals surface area contributed by atoms with Crippen LogP contribution in [0.15, 0.2) is 34.0 Å². The molecule has 0 bridgehead atoms. The highest BCUT2D eigenvalue weighted by atomic mass is 127. The molecule has 0 radical (unpaired) electrons. The van der Waals surface area contributed by atoms with Gasteiger partial charge in [-0.05, 0) is 28.1 Å². The van der Waals surface area contributed by atoms with Gasteiger partial charge in [0.15, 0.2) is 5.96 Å². The first-order valence-electron chi connectivity index (χ1n) is 8.07. The van der Waals surface area contributed by atoms with E-state index in [9.17, 15) is 13.2 Å². The van der Waals surface area contributed by atoms with Gasteiger partial charge in [-0.3, -0.25) is 4.99 Å². The Morgan fingerprint density at radius 2 is 2.07 bits per heavy atom. The van der Waals surface area contributed by atoms with Gasteiger partial charge in [0.1, 0.15) is 5.69 Å². The van der Waals surface area contributed by atoms with Crippen molar-refractivity contribution in [2.45, 2.75) is 12.7 Å². The summed E-state index contributed by atoms with van der Waals surface area (Å²) in [6.45, 7) is 1.42. The number of aromatic nitrogens is 3. The zero-order valence-corrected chi connectivity index (χ0v) is 19.5. The van der Waals surface area contributed by atoms with Gasteiger partial charge in [0.25, 0.3) is 0 Å². The lowest BCUT2D eigenvalue weighted by Gasteiger charge is -2.22. The Morgan fingerprint density at radius 1 is 1.36 bits per heavy atom. The van der Waals surface area contributed by atoms with Gasteiger partial charge in [0.2, 0.25) is 5.95 Å². The molecule has 0 aliphatic rings. The van der Waals surface area contributed by atoms with Crippen molar-refractivity contribution >= 4 is 51.8 Å². The van der Waals surface area contributed by atoms with Crippen LogP contribution in [0.25, 0.3) is 0 Å². The lowest BCUT2D eigenvalue weighted by Crippen LogP contribution is -2.40. The van der Waals surface area contributed by atoms with Gasteiger partial charge < -0.3 is 20.1 Å². The summed E-state index contributed by atoms with van der Waals surface area (Å²) in [7, 11) is 5.53. The molecule has 0 aliphatic carbocycles.